The summed E-state index contributed by atoms with van der Waals surface area (Å²) in [6.45, 7) is 0. The van der Waals surface area contributed by atoms with Crippen LogP contribution >= 0.6 is 0 Å². The van der Waals surface area contributed by atoms with Crippen molar-refractivity contribution in [3.05, 3.63) is 160 Å². The lowest BCUT2D eigenvalue weighted by Crippen LogP contribution is -2.75. The fourth-order valence-electron chi connectivity index (χ4n) is 7.48. The number of rotatable bonds is 6. The first-order valence-electron chi connectivity index (χ1n) is 19.1. The molecule has 0 fully saturated rings. The molecule has 0 radical (unpaired) electrons. The van der Waals surface area contributed by atoms with E-state index in [9.17, 15) is 105 Å². The second kappa shape index (κ2) is 18.9. The third-order valence-corrected chi connectivity index (χ3v) is 10.9. The minimum Gasteiger partial charge on any atom is -0.287 e. The smallest absolute Gasteiger partial charge is 0.287 e. The minimum atomic E-state index is -6.13. The van der Waals surface area contributed by atoms with E-state index < -0.39 is 195 Å². The van der Waals surface area contributed by atoms with E-state index in [1.165, 1.54) is 10.8 Å². The molecule has 0 N–H and O–H groups in total. The summed E-state index contributed by atoms with van der Waals surface area (Å²) in [5.74, 6) is 0.956. The van der Waals surface area contributed by atoms with Gasteiger partial charge in [0.1, 0.15) is 18.7 Å². The summed E-state index contributed by atoms with van der Waals surface area (Å²) in [7, 11) is 0. The molecule has 0 spiro atoms. The summed E-state index contributed by atoms with van der Waals surface area (Å²) < 4.78 is 346. The van der Waals surface area contributed by atoms with Crippen molar-refractivity contribution in [2.45, 2.75) is 49.4 Å². The first-order valence-corrected chi connectivity index (χ1v) is 21.1. The normalized spacial score (nSPS) is 13.6. The lowest BCUT2D eigenvalue weighted by molar-refractivity contribution is -0.144. The van der Waals surface area contributed by atoms with Crippen LogP contribution in [0.4, 0.5) is 105 Å². The Hall–Kier alpha value is -5.89. The average Bonchev–Trinajstić information content (AvgIpc) is 3.21. The topological polar surface area (TPSA) is 9.23 Å². The monoisotopic (exact) mass is 1070 g/mol. The summed E-state index contributed by atoms with van der Waals surface area (Å²) >= 11 is -0.00945. The zero-order valence-corrected chi connectivity index (χ0v) is 35.8. The van der Waals surface area contributed by atoms with Gasteiger partial charge in [-0.25, -0.2) is 0 Å². The van der Waals surface area contributed by atoms with Crippen LogP contribution in [0.5, 0.6) is 5.75 Å². The molecular weight excluding hydrogens is 1040 g/mol. The summed E-state index contributed by atoms with van der Waals surface area (Å²) in [6, 6.07) is 5.70. The molecule has 6 rings (SSSR count). The molecule has 0 unspecified atom stereocenters. The lowest BCUT2D eigenvalue weighted by Gasteiger charge is -2.46. The van der Waals surface area contributed by atoms with Gasteiger partial charge in [0.2, 0.25) is 0 Å². The average molecular weight is 1070 g/mol. The molecule has 0 aliphatic rings. The molecule has 27 heteroatoms. The fraction of sp³-hybridized carbons (Fsp3) is 0.227. The van der Waals surface area contributed by atoms with Crippen LogP contribution in [0, 0.1) is 0 Å². The molecule has 0 aromatic heterocycles. The van der Waals surface area contributed by atoms with Crippen molar-refractivity contribution in [3.63, 3.8) is 0 Å². The molecule has 0 saturated carbocycles. The van der Waals surface area contributed by atoms with Crippen LogP contribution in [-0.2, 0) is 60.6 Å². The maximum absolute atomic E-state index is 14.2. The van der Waals surface area contributed by atoms with Crippen LogP contribution in [0.15, 0.2) is 115 Å². The summed E-state index contributed by atoms with van der Waals surface area (Å²) in [4.78, 5) is 0. The van der Waals surface area contributed by atoms with E-state index in [-0.39, 0.29) is 11.2 Å². The van der Waals surface area contributed by atoms with Crippen molar-refractivity contribution in [1.82, 2.24) is 0 Å². The van der Waals surface area contributed by atoms with Crippen molar-refractivity contribution < 1.29 is 110 Å². The van der Waals surface area contributed by atoms with Gasteiger partial charge in [0.25, 0.3) is 0 Å². The van der Waals surface area contributed by atoms with Crippen LogP contribution in [0.3, 0.4) is 0 Å². The first-order chi connectivity index (χ1) is 32.0. The Balaban J connectivity index is 0.000000569. The maximum atomic E-state index is 14.2. The van der Waals surface area contributed by atoms with E-state index in [2.05, 4.69) is 36.8 Å². The highest BCUT2D eigenvalue weighted by Gasteiger charge is 2.47. The second-order valence-corrected chi connectivity index (χ2v) is 17.2. The van der Waals surface area contributed by atoms with Crippen LogP contribution in [0.2, 0.25) is 0 Å². The Bertz CT molecular complexity index is 2440. The molecular formula is C44H25BF24OS. The third kappa shape index (κ3) is 13.0. The lowest BCUT2D eigenvalue weighted by atomic mass is 9.12. The predicted octanol–water partition coefficient (Wildman–Crippen LogP) is 14.2. The second-order valence-electron chi connectivity index (χ2n) is 15.6. The quantitative estimate of drug-likeness (QED) is 0.0918. The van der Waals surface area contributed by atoms with E-state index in [0.29, 0.717) is 0 Å². The number of halogens is 24. The van der Waals surface area contributed by atoms with Gasteiger partial charge < -0.3 is 0 Å². The van der Waals surface area contributed by atoms with Crippen LogP contribution in [-0.4, -0.2) is 18.7 Å². The molecule has 384 valence electrons. The van der Waals surface area contributed by atoms with Crippen molar-refractivity contribution in [2.24, 2.45) is 0 Å². The van der Waals surface area contributed by atoms with E-state index in [4.69, 9.17) is 4.18 Å². The van der Waals surface area contributed by atoms with Gasteiger partial charge in [-0.1, -0.05) is 78.9 Å². The minimum absolute atomic E-state index is 0.00945. The van der Waals surface area contributed by atoms with Gasteiger partial charge in [-0.2, -0.15) is 127 Å². The van der Waals surface area contributed by atoms with Gasteiger partial charge in [-0.15, -0.1) is 0 Å². The van der Waals surface area contributed by atoms with Crippen molar-refractivity contribution >= 4 is 49.9 Å². The highest BCUT2D eigenvalue weighted by molar-refractivity contribution is 7.91. The van der Waals surface area contributed by atoms with Crippen LogP contribution in [0.1, 0.15) is 44.5 Å². The number of hydrogen-bond donors (Lipinski definition) is 0. The molecule has 6 aromatic rings. The van der Waals surface area contributed by atoms with Crippen molar-refractivity contribution in [3.8, 4) is 5.75 Å². The Labute approximate surface area is 386 Å². The zero-order valence-electron chi connectivity index (χ0n) is 34.9. The predicted molar refractivity (Wildman–Crippen MR) is 214 cm³/mol. The number of fused-ring (bicyclic) bond motifs is 1. The van der Waals surface area contributed by atoms with Gasteiger partial charge in [0, 0.05) is 0 Å². The molecule has 0 heterocycles. The van der Waals surface area contributed by atoms with E-state index in [1.54, 1.807) is 0 Å². The molecule has 1 nitrogen and oxygen atoms in total. The van der Waals surface area contributed by atoms with E-state index in [1.807, 2.05) is 18.2 Å². The zero-order chi connectivity index (χ0) is 53.9. The molecule has 0 amide bonds. The number of hydrogen-bond acceptors (Lipinski definition) is 1. The largest absolute Gasteiger partial charge is 0.416 e. The molecule has 6 aromatic carbocycles. The molecule has 0 atom stereocenters. The molecule has 0 saturated heterocycles. The summed E-state index contributed by atoms with van der Waals surface area (Å²) in [5.41, 5.74) is -30.2. The summed E-state index contributed by atoms with van der Waals surface area (Å²) in [6.07, 6.45) is -50.7. The highest BCUT2D eigenvalue weighted by atomic mass is 32.2. The van der Waals surface area contributed by atoms with Gasteiger partial charge in [-0.3, -0.25) is 4.18 Å². The van der Waals surface area contributed by atoms with Gasteiger partial charge in [0.05, 0.1) is 44.5 Å². The molecule has 71 heavy (non-hydrogen) atoms. The highest BCUT2D eigenvalue weighted by Crippen LogP contribution is 2.41. The SMILES string of the molecule is C[S+](C)Oc1ccc2ccccc2c1.FC(F)(F)c1cc([B-](c2cc(C(F)(F)F)cc(C(F)(F)F)c2)(c2cc(C(F)(F)F)cc(C(F)(F)F)c2)c2cc(C(F)(F)F)cc(C(F)(F)F)c2)cc(C(F)(F)F)c1. The first kappa shape index (κ1) is 56.0. The number of benzene rings is 6. The Morgan fingerprint density at radius 1 is 0.296 bits per heavy atom. The van der Waals surface area contributed by atoms with Crippen LogP contribution in [0.25, 0.3) is 10.8 Å². The van der Waals surface area contributed by atoms with Crippen LogP contribution < -0.4 is 26.0 Å². The standard InChI is InChI=1S/C32H12BF24.C12H13OS/c34-25(35,36)13-1-14(26(37,38)39)6-21(5-13)33(22-7-15(27(40,41)42)2-16(8-22)28(43,44)45,23-9-17(29(46,47)48)3-18(10-23)30(49,50)51)24-11-19(31(52,53)54)4-20(12-24)32(55,56)57;1-14(2)13-12-8-7-10-5-3-4-6-11(10)9-12/h1-12H;3-9H,1-2H3/q-1;+1. The van der Waals surface area contributed by atoms with E-state index in [0.717, 1.165) is 5.75 Å². The summed E-state index contributed by atoms with van der Waals surface area (Å²) in [5, 5.41) is 2.49. The van der Waals surface area contributed by atoms with E-state index >= 15 is 0 Å². The Morgan fingerprint density at radius 2 is 0.521 bits per heavy atom. The molecule has 0 aliphatic carbocycles. The Morgan fingerprint density at radius 3 is 0.732 bits per heavy atom. The van der Waals surface area contributed by atoms with Gasteiger partial charge >= 0.3 is 49.4 Å². The maximum Gasteiger partial charge on any atom is 0.416 e. The van der Waals surface area contributed by atoms with Gasteiger partial charge in [0.15, 0.2) is 16.9 Å². The Kier molecular flexibility index (Phi) is 15.0. The fourth-order valence-corrected chi connectivity index (χ4v) is 7.97. The number of alkyl halides is 24. The van der Waals surface area contributed by atoms with Gasteiger partial charge in [-0.05, 0) is 47.2 Å². The van der Waals surface area contributed by atoms with Crippen molar-refractivity contribution in [2.75, 3.05) is 12.5 Å². The van der Waals surface area contributed by atoms with Crippen molar-refractivity contribution in [1.29, 1.82) is 0 Å². The molecule has 0 aliphatic heterocycles. The molecule has 0 bridgehead atoms. The third-order valence-electron chi connectivity index (χ3n) is 10.4.